The minimum absolute atomic E-state index is 0. The number of aromatic hydroxyl groups is 1. The predicted molar refractivity (Wildman–Crippen MR) is 97.1 cm³/mol. The van der Waals surface area contributed by atoms with E-state index in [1.807, 2.05) is 12.1 Å². The van der Waals surface area contributed by atoms with E-state index in [4.69, 9.17) is 0 Å². The zero-order valence-electron chi connectivity index (χ0n) is 14.3. The summed E-state index contributed by atoms with van der Waals surface area (Å²) in [7, 11) is 0. The number of benzene rings is 1. The molecule has 0 radical (unpaired) electrons. The maximum atomic E-state index is 9.75. The van der Waals surface area contributed by atoms with Gasteiger partial charge >= 0.3 is 0 Å². The maximum Gasteiger partial charge on any atom is 0.115 e. The van der Waals surface area contributed by atoms with Crippen molar-refractivity contribution in [3.8, 4) is 5.75 Å². The highest BCUT2D eigenvalue weighted by atomic mass is 35.5. The Bertz CT molecular complexity index is 451. The Balaban J connectivity index is 0.00000242. The van der Waals surface area contributed by atoms with Gasteiger partial charge in [-0.1, -0.05) is 52.2 Å². The highest BCUT2D eigenvalue weighted by molar-refractivity contribution is 5.85. The molecule has 0 spiro atoms. The van der Waals surface area contributed by atoms with E-state index in [2.05, 4.69) is 31.7 Å². The highest BCUT2D eigenvalue weighted by Crippen LogP contribution is 2.40. The van der Waals surface area contributed by atoms with Crippen molar-refractivity contribution >= 4 is 12.4 Å². The van der Waals surface area contributed by atoms with Crippen molar-refractivity contribution in [2.75, 3.05) is 19.6 Å². The fourth-order valence-electron chi connectivity index (χ4n) is 3.57. The summed E-state index contributed by atoms with van der Waals surface area (Å²) in [4.78, 5) is 2.63. The molecule has 0 bridgehead atoms. The van der Waals surface area contributed by atoms with Gasteiger partial charge in [-0.15, -0.1) is 12.4 Å². The number of likely N-dealkylation sites (tertiary alicyclic amines) is 1. The lowest BCUT2D eigenvalue weighted by atomic mass is 9.68. The number of piperidine rings is 1. The number of phenols is 1. The summed E-state index contributed by atoms with van der Waals surface area (Å²) in [6.07, 6.45) is 6.57. The second kappa shape index (κ2) is 8.79. The number of hydrogen-bond acceptors (Lipinski definition) is 2. The van der Waals surface area contributed by atoms with Gasteiger partial charge in [-0.2, -0.15) is 0 Å². The van der Waals surface area contributed by atoms with Gasteiger partial charge < -0.3 is 10.0 Å². The van der Waals surface area contributed by atoms with Crippen molar-refractivity contribution in [3.63, 3.8) is 0 Å². The molecule has 1 heterocycles. The first-order valence-electron chi connectivity index (χ1n) is 8.58. The number of unbranched alkanes of at least 4 members (excludes halogenated alkanes) is 3. The lowest BCUT2D eigenvalue weighted by Gasteiger charge is -2.45. The largest absolute Gasteiger partial charge is 0.508 e. The SMILES string of the molecule is CCCCCCN1CC[C@@](C)(c2cccc(O)c2)[C@@H](C)C1.Cl. The van der Waals surface area contributed by atoms with Gasteiger partial charge in [-0.25, -0.2) is 0 Å². The molecule has 3 heteroatoms. The van der Waals surface area contributed by atoms with E-state index in [0.717, 1.165) is 0 Å². The molecule has 0 unspecified atom stereocenters. The van der Waals surface area contributed by atoms with Crippen molar-refractivity contribution in [1.82, 2.24) is 4.90 Å². The Morgan fingerprint density at radius 2 is 2.05 bits per heavy atom. The van der Waals surface area contributed by atoms with Crippen LogP contribution in [-0.4, -0.2) is 29.6 Å². The molecule has 1 N–H and O–H groups in total. The highest BCUT2D eigenvalue weighted by Gasteiger charge is 2.37. The third-order valence-electron chi connectivity index (χ3n) is 5.40. The summed E-state index contributed by atoms with van der Waals surface area (Å²) in [6, 6.07) is 7.86. The van der Waals surface area contributed by atoms with Crippen LogP contribution < -0.4 is 0 Å². The fraction of sp³-hybridized carbons (Fsp3) is 0.684. The van der Waals surface area contributed by atoms with E-state index in [1.165, 1.54) is 57.3 Å². The van der Waals surface area contributed by atoms with E-state index >= 15 is 0 Å². The van der Waals surface area contributed by atoms with Gasteiger partial charge in [0.1, 0.15) is 5.75 Å². The van der Waals surface area contributed by atoms with Gasteiger partial charge in [0.25, 0.3) is 0 Å². The van der Waals surface area contributed by atoms with Crippen LogP contribution >= 0.6 is 12.4 Å². The Hall–Kier alpha value is -0.730. The molecule has 1 aliphatic heterocycles. The van der Waals surface area contributed by atoms with E-state index in [1.54, 1.807) is 6.07 Å². The van der Waals surface area contributed by atoms with Crippen LogP contribution in [0.2, 0.25) is 0 Å². The molecule has 0 amide bonds. The van der Waals surface area contributed by atoms with Gasteiger partial charge in [0, 0.05) is 6.54 Å². The second-order valence-corrected chi connectivity index (χ2v) is 6.98. The molecule has 0 aromatic heterocycles. The van der Waals surface area contributed by atoms with Crippen LogP contribution in [0.5, 0.6) is 5.75 Å². The summed E-state index contributed by atoms with van der Waals surface area (Å²) in [5, 5.41) is 9.75. The Kier molecular flexibility index (Phi) is 7.71. The number of rotatable bonds is 6. The number of hydrogen-bond donors (Lipinski definition) is 1. The lowest BCUT2D eigenvalue weighted by Crippen LogP contribution is -2.47. The first-order chi connectivity index (χ1) is 10.1. The minimum atomic E-state index is 0. The molecule has 0 saturated carbocycles. The molecule has 1 aromatic rings. The van der Waals surface area contributed by atoms with Crippen molar-refractivity contribution < 1.29 is 5.11 Å². The molecule has 2 nitrogen and oxygen atoms in total. The van der Waals surface area contributed by atoms with Crippen LogP contribution in [-0.2, 0) is 5.41 Å². The maximum absolute atomic E-state index is 9.75. The summed E-state index contributed by atoms with van der Waals surface area (Å²) in [6.45, 7) is 10.6. The molecule has 2 atom stereocenters. The van der Waals surface area contributed by atoms with Crippen LogP contribution in [0.4, 0.5) is 0 Å². The van der Waals surface area contributed by atoms with E-state index in [-0.39, 0.29) is 17.8 Å². The average molecular weight is 326 g/mol. The monoisotopic (exact) mass is 325 g/mol. The fourth-order valence-corrected chi connectivity index (χ4v) is 3.57. The predicted octanol–water partition coefficient (Wildman–Crippen LogP) is 4.99. The molecule has 126 valence electrons. The summed E-state index contributed by atoms with van der Waals surface area (Å²) >= 11 is 0. The van der Waals surface area contributed by atoms with Gasteiger partial charge in [0.2, 0.25) is 0 Å². The quantitative estimate of drug-likeness (QED) is 0.744. The molecule has 0 aliphatic carbocycles. The topological polar surface area (TPSA) is 23.5 Å². The zero-order valence-corrected chi connectivity index (χ0v) is 15.2. The molecule has 1 saturated heterocycles. The van der Waals surface area contributed by atoms with Crippen LogP contribution in [0.3, 0.4) is 0 Å². The minimum Gasteiger partial charge on any atom is -0.508 e. The molecule has 22 heavy (non-hydrogen) atoms. The molecule has 1 aliphatic rings. The lowest BCUT2D eigenvalue weighted by molar-refractivity contribution is 0.109. The van der Waals surface area contributed by atoms with Crippen molar-refractivity contribution in [1.29, 1.82) is 0 Å². The normalized spacial score (nSPS) is 25.7. The summed E-state index contributed by atoms with van der Waals surface area (Å²) in [5.74, 6) is 1.02. The third kappa shape index (κ3) is 4.63. The summed E-state index contributed by atoms with van der Waals surface area (Å²) in [5.41, 5.74) is 1.49. The van der Waals surface area contributed by atoms with Crippen LogP contribution in [0.1, 0.15) is 58.4 Å². The third-order valence-corrected chi connectivity index (χ3v) is 5.40. The zero-order chi connectivity index (χ0) is 15.3. The van der Waals surface area contributed by atoms with Gasteiger partial charge in [-0.05, 0) is 55.0 Å². The first-order valence-corrected chi connectivity index (χ1v) is 8.58. The van der Waals surface area contributed by atoms with E-state index < -0.39 is 0 Å². The smallest absolute Gasteiger partial charge is 0.115 e. The van der Waals surface area contributed by atoms with Crippen molar-refractivity contribution in [2.45, 2.75) is 58.3 Å². The average Bonchev–Trinajstić information content (AvgIpc) is 2.47. The summed E-state index contributed by atoms with van der Waals surface area (Å²) < 4.78 is 0. The van der Waals surface area contributed by atoms with Crippen molar-refractivity contribution in [3.05, 3.63) is 29.8 Å². The Morgan fingerprint density at radius 1 is 1.27 bits per heavy atom. The molecule has 1 fully saturated rings. The van der Waals surface area contributed by atoms with Gasteiger partial charge in [0.05, 0.1) is 0 Å². The Morgan fingerprint density at radius 3 is 2.68 bits per heavy atom. The molecule has 2 rings (SSSR count). The number of nitrogens with zero attached hydrogens (tertiary/aromatic N) is 1. The van der Waals surface area contributed by atoms with Crippen molar-refractivity contribution in [2.24, 2.45) is 5.92 Å². The number of phenolic OH excluding ortho intramolecular Hbond substituents is 1. The van der Waals surface area contributed by atoms with Crippen LogP contribution in [0, 0.1) is 5.92 Å². The standard InChI is InChI=1S/C19H31NO.ClH/c1-4-5-6-7-12-20-13-11-19(3,16(2)15-20)17-9-8-10-18(21)14-17;/h8-10,14,16,21H,4-7,11-13,15H2,1-3H3;1H/t16-,19+;/m0./s1. The van der Waals surface area contributed by atoms with E-state index in [9.17, 15) is 5.11 Å². The van der Waals surface area contributed by atoms with E-state index in [0.29, 0.717) is 11.7 Å². The van der Waals surface area contributed by atoms with Gasteiger partial charge in [0.15, 0.2) is 0 Å². The van der Waals surface area contributed by atoms with Gasteiger partial charge in [-0.3, -0.25) is 0 Å². The molecular formula is C19H32ClNO. The first kappa shape index (κ1) is 19.3. The number of halogens is 1. The second-order valence-electron chi connectivity index (χ2n) is 6.98. The Labute approximate surface area is 142 Å². The van der Waals surface area contributed by atoms with Crippen LogP contribution in [0.25, 0.3) is 0 Å². The van der Waals surface area contributed by atoms with Crippen LogP contribution in [0.15, 0.2) is 24.3 Å². The molecule has 1 aromatic carbocycles. The molecular weight excluding hydrogens is 294 g/mol.